The molecule has 0 amide bonds. The van der Waals surface area contributed by atoms with E-state index in [0.29, 0.717) is 0 Å². The topological polar surface area (TPSA) is 78.5 Å². The van der Waals surface area contributed by atoms with Gasteiger partial charge in [0.25, 0.3) is 0 Å². The maximum absolute atomic E-state index is 10.7. The summed E-state index contributed by atoms with van der Waals surface area (Å²) in [6.07, 6.45) is 29.5. The molecule has 0 saturated carbocycles. The van der Waals surface area contributed by atoms with Crippen molar-refractivity contribution in [3.05, 3.63) is 212 Å². The van der Waals surface area contributed by atoms with E-state index in [-0.39, 0.29) is 36.5 Å². The molecule has 0 atom stereocenters. The van der Waals surface area contributed by atoms with E-state index >= 15 is 0 Å². The zero-order valence-corrected chi connectivity index (χ0v) is 35.8. The summed E-state index contributed by atoms with van der Waals surface area (Å²) in [6, 6.07) is 29.2. The average molecular weight is 1040 g/mol. The molecule has 0 saturated heterocycles. The first-order valence-electron chi connectivity index (χ1n) is 16.9. The predicted octanol–water partition coefficient (Wildman–Crippen LogP) is 15.8. The fourth-order valence-electron chi connectivity index (χ4n) is 4.62. The van der Waals surface area contributed by atoms with Crippen LogP contribution in [0.15, 0.2) is 176 Å². The quantitative estimate of drug-likeness (QED) is 0.0776. The summed E-state index contributed by atoms with van der Waals surface area (Å²) >= 11 is 0. The Morgan fingerprint density at radius 3 is 1.08 bits per heavy atom. The van der Waals surface area contributed by atoms with Gasteiger partial charge in [0.05, 0.1) is 22.8 Å². The SMILES string of the molecule is C1=CC(=C2C=C(c3ccccn3)[N-]C(c3ccccn3)=C2)C=C1.F[P-](F)(F)(F)(F)F.F[P-](F)(F)(F)(F)F.[CH]1[CH][CH-]C=C1.[Fe+2].[Ru+2].c1ccc(-c2cccc(-c3ccccn3)n2)nc1. The second kappa shape index (κ2) is 20.5. The van der Waals surface area contributed by atoms with Crippen LogP contribution in [-0.2, 0) is 36.5 Å². The number of rotatable bonds is 4. The molecular formula is C40H30F12FeN6P2Ru. The molecule has 1 aliphatic heterocycles. The number of hydrogen-bond acceptors (Lipinski definition) is 5. The van der Waals surface area contributed by atoms with Gasteiger partial charge in [-0.15, -0.1) is 24.2 Å². The Morgan fingerprint density at radius 2 is 0.790 bits per heavy atom. The Labute approximate surface area is 371 Å². The number of nitrogens with zero attached hydrogens (tertiary/aromatic N) is 6. The van der Waals surface area contributed by atoms with Crippen LogP contribution in [0.5, 0.6) is 0 Å². The molecule has 2 radical (unpaired) electrons. The Morgan fingerprint density at radius 1 is 0.435 bits per heavy atom. The molecule has 0 spiro atoms. The van der Waals surface area contributed by atoms with Crippen molar-refractivity contribution in [3.63, 3.8) is 0 Å². The monoisotopic (exact) mass is 1040 g/mol. The van der Waals surface area contributed by atoms with E-state index in [1.807, 2.05) is 135 Å². The minimum atomic E-state index is -10.7. The molecule has 5 aromatic rings. The van der Waals surface area contributed by atoms with Crippen molar-refractivity contribution in [2.24, 2.45) is 0 Å². The van der Waals surface area contributed by atoms with Gasteiger partial charge in [-0.2, -0.15) is 0 Å². The summed E-state index contributed by atoms with van der Waals surface area (Å²) in [6.45, 7) is 0. The van der Waals surface area contributed by atoms with Gasteiger partial charge in [0.2, 0.25) is 0 Å². The standard InChI is InChI=1S/C20H14N3.C15H11N3.C5H5.2F6P.Fe.Ru/c1-2-8-15(7-1)16-13-19(17-9-3-5-11-21-17)23-20(14-16)18-10-4-6-12-22-18;1-3-10-16-12(6-1)14-8-5-9-15(18-14)13-7-2-4-11-17-13;1-2-4-5-3-1;2*1-7(2,3,4,5)6;;/h1-14H;1-11H;1-5H;;;;/q-1;;3*-1;2*+2. The number of halogens is 12. The summed E-state index contributed by atoms with van der Waals surface area (Å²) in [4.78, 5) is 22.0. The Bertz CT molecular complexity index is 2220. The van der Waals surface area contributed by atoms with Crippen LogP contribution in [0.1, 0.15) is 11.4 Å². The van der Waals surface area contributed by atoms with E-state index in [1.165, 1.54) is 5.57 Å². The van der Waals surface area contributed by atoms with Crippen molar-refractivity contribution in [1.82, 2.24) is 24.9 Å². The zero-order chi connectivity index (χ0) is 44.0. The second-order valence-corrected chi connectivity index (χ2v) is 15.8. The van der Waals surface area contributed by atoms with Crippen LogP contribution in [0.2, 0.25) is 0 Å². The maximum atomic E-state index is 9.87. The van der Waals surface area contributed by atoms with Gasteiger partial charge < -0.3 is 5.32 Å². The van der Waals surface area contributed by atoms with E-state index in [2.05, 4.69) is 49.2 Å². The molecule has 0 N–H and O–H groups in total. The Hall–Kier alpha value is -4.98. The molecular weight excluding hydrogens is 1010 g/mol. The fraction of sp³-hybridized carbons (Fsp3) is 0. The molecule has 0 bridgehead atoms. The first kappa shape index (κ1) is 53.2. The van der Waals surface area contributed by atoms with Crippen molar-refractivity contribution in [3.8, 4) is 22.8 Å². The third-order valence-electron chi connectivity index (χ3n) is 6.84. The molecule has 330 valence electrons. The van der Waals surface area contributed by atoms with Crippen LogP contribution < -0.4 is 0 Å². The average Bonchev–Trinajstić information content (AvgIpc) is 3.96. The Balaban J connectivity index is 0.000000300. The van der Waals surface area contributed by atoms with E-state index < -0.39 is 15.6 Å². The predicted molar refractivity (Wildman–Crippen MR) is 213 cm³/mol. The normalized spacial score (nSPS) is 15.7. The number of hydrogen-bond donors (Lipinski definition) is 0. The van der Waals surface area contributed by atoms with E-state index in [4.69, 9.17) is 5.32 Å². The van der Waals surface area contributed by atoms with Crippen molar-refractivity contribution in [2.75, 3.05) is 0 Å². The van der Waals surface area contributed by atoms with Crippen molar-refractivity contribution in [2.45, 2.75) is 0 Å². The van der Waals surface area contributed by atoms with Crippen LogP contribution in [-0.4, -0.2) is 24.9 Å². The summed E-state index contributed by atoms with van der Waals surface area (Å²) in [5.41, 5.74) is 9.17. The van der Waals surface area contributed by atoms with Gasteiger partial charge >= 0.3 is 103 Å². The second-order valence-electron chi connectivity index (χ2n) is 11.9. The van der Waals surface area contributed by atoms with Crippen LogP contribution in [0.4, 0.5) is 50.4 Å². The fourth-order valence-corrected chi connectivity index (χ4v) is 4.62. The molecule has 6 heterocycles. The van der Waals surface area contributed by atoms with Crippen LogP contribution in [0.3, 0.4) is 0 Å². The van der Waals surface area contributed by atoms with Gasteiger partial charge in [-0.25, -0.2) is 23.6 Å². The first-order chi connectivity index (χ1) is 27.7. The van der Waals surface area contributed by atoms with Gasteiger partial charge in [-0.1, -0.05) is 66.8 Å². The van der Waals surface area contributed by atoms with Gasteiger partial charge in [0, 0.05) is 36.2 Å². The van der Waals surface area contributed by atoms with Crippen molar-refractivity contribution in [1.29, 1.82) is 0 Å². The van der Waals surface area contributed by atoms with Crippen LogP contribution in [0.25, 0.3) is 39.5 Å². The molecule has 6 nitrogen and oxygen atoms in total. The molecule has 5 aromatic heterocycles. The number of aromatic nitrogens is 5. The summed E-state index contributed by atoms with van der Waals surface area (Å²) in [5, 5.41) is 4.76. The van der Waals surface area contributed by atoms with E-state index in [9.17, 15) is 50.4 Å². The molecule has 22 heteroatoms. The molecule has 0 unspecified atom stereocenters. The van der Waals surface area contributed by atoms with E-state index in [0.717, 1.165) is 51.1 Å². The van der Waals surface area contributed by atoms with Crippen LogP contribution >= 0.6 is 15.6 Å². The van der Waals surface area contributed by atoms with Gasteiger partial charge in [0.1, 0.15) is 0 Å². The van der Waals surface area contributed by atoms with Gasteiger partial charge in [0.15, 0.2) is 0 Å². The van der Waals surface area contributed by atoms with Crippen molar-refractivity contribution >= 4 is 27.0 Å². The molecule has 0 aromatic carbocycles. The largest absolute Gasteiger partial charge is 2.00 e. The molecule has 8 rings (SSSR count). The zero-order valence-electron chi connectivity index (χ0n) is 31.1. The summed E-state index contributed by atoms with van der Waals surface area (Å²) < 4.78 is 118. The third-order valence-corrected chi connectivity index (χ3v) is 6.84. The minimum Gasteiger partial charge on any atom is -0.255 e. The van der Waals surface area contributed by atoms with Gasteiger partial charge in [-0.3, -0.25) is 19.9 Å². The smallest absolute Gasteiger partial charge is 0.255 e. The Kier molecular flexibility index (Phi) is 17.6. The third kappa shape index (κ3) is 24.5. The van der Waals surface area contributed by atoms with Gasteiger partial charge in [-0.05, 0) is 71.8 Å². The van der Waals surface area contributed by atoms with E-state index in [1.54, 1.807) is 24.8 Å². The summed E-state index contributed by atoms with van der Waals surface area (Å²) in [5.74, 6) is 0. The number of pyridine rings is 5. The molecule has 0 fully saturated rings. The number of allylic oxidation sites excluding steroid dienone is 10. The summed E-state index contributed by atoms with van der Waals surface area (Å²) in [7, 11) is -21.3. The first-order valence-corrected chi connectivity index (χ1v) is 21.0. The van der Waals surface area contributed by atoms with Crippen molar-refractivity contribution < 1.29 is 86.9 Å². The molecule has 62 heavy (non-hydrogen) atoms. The minimum absolute atomic E-state index is 0. The maximum Gasteiger partial charge on any atom is 2.00 e. The van der Waals surface area contributed by atoms with Crippen LogP contribution in [0, 0.1) is 19.3 Å². The molecule has 3 aliphatic rings. The molecule has 2 aliphatic carbocycles.